The third-order valence-corrected chi connectivity index (χ3v) is 11.2. The van der Waals surface area contributed by atoms with Gasteiger partial charge in [-0.1, -0.05) is 140 Å². The number of nitrogens with zero attached hydrogens (tertiary/aromatic N) is 3. The Morgan fingerprint density at radius 2 is 1.06 bits per heavy atom. The smallest absolute Gasteiger partial charge is 0.235 e. The van der Waals surface area contributed by atoms with Gasteiger partial charge in [-0.15, -0.1) is 0 Å². The molecule has 0 aliphatic carbocycles. The average molecular weight is 688 g/mol. The number of hydrogen-bond donors (Lipinski definition) is 0. The predicted octanol–water partition coefficient (Wildman–Crippen LogP) is 13.4. The zero-order valence-corrected chi connectivity index (χ0v) is 29.0. The summed E-state index contributed by atoms with van der Waals surface area (Å²) < 4.78 is 8.51. The van der Waals surface area contributed by atoms with Crippen molar-refractivity contribution in [2.24, 2.45) is 0 Å². The van der Waals surface area contributed by atoms with Crippen LogP contribution in [0.15, 0.2) is 180 Å². The molecule has 0 fully saturated rings. The molecule has 0 spiro atoms. The van der Waals surface area contributed by atoms with Crippen molar-refractivity contribution in [1.82, 2.24) is 14.5 Å². The van der Waals surface area contributed by atoms with Crippen LogP contribution >= 0.6 is 0 Å². The predicted molar refractivity (Wildman–Crippen MR) is 225 cm³/mol. The highest BCUT2D eigenvalue weighted by Gasteiger charge is 2.20. The zero-order chi connectivity index (χ0) is 35.3. The quantitative estimate of drug-likeness (QED) is 0.186. The lowest BCUT2D eigenvalue weighted by Crippen LogP contribution is -2.03. The molecule has 3 heterocycles. The van der Waals surface area contributed by atoms with Crippen molar-refractivity contribution in [1.29, 1.82) is 0 Å². The summed E-state index contributed by atoms with van der Waals surface area (Å²) in [6, 6.07) is 62.6. The molecular formula is C50H29N3O. The summed E-state index contributed by atoms with van der Waals surface area (Å²) in [5.74, 6) is 0.656. The molecule has 0 atom stereocenters. The van der Waals surface area contributed by atoms with Crippen molar-refractivity contribution in [3.8, 4) is 28.3 Å². The van der Waals surface area contributed by atoms with E-state index in [1.807, 2.05) is 12.1 Å². The van der Waals surface area contributed by atoms with Gasteiger partial charge in [0, 0.05) is 32.5 Å². The Hall–Kier alpha value is -7.30. The van der Waals surface area contributed by atoms with Gasteiger partial charge in [-0.2, -0.15) is 0 Å². The number of furan rings is 1. The van der Waals surface area contributed by atoms with Crippen molar-refractivity contribution in [2.75, 3.05) is 0 Å². The zero-order valence-electron chi connectivity index (χ0n) is 29.0. The molecule has 0 saturated heterocycles. The molecule has 0 bridgehead atoms. The van der Waals surface area contributed by atoms with E-state index in [-0.39, 0.29) is 0 Å². The van der Waals surface area contributed by atoms with Gasteiger partial charge in [0.1, 0.15) is 11.2 Å². The Morgan fingerprint density at radius 3 is 1.91 bits per heavy atom. The summed E-state index contributed by atoms with van der Waals surface area (Å²) >= 11 is 0. The van der Waals surface area contributed by atoms with Crippen LogP contribution in [-0.4, -0.2) is 14.5 Å². The fourth-order valence-electron chi connectivity index (χ4n) is 8.81. The Labute approximate surface area is 309 Å². The number of hydrogen-bond acceptors (Lipinski definition) is 3. The first-order chi connectivity index (χ1) is 26.8. The van der Waals surface area contributed by atoms with Crippen LogP contribution in [0.4, 0.5) is 0 Å². The number of aromatic nitrogens is 3. The number of benzene rings is 9. The van der Waals surface area contributed by atoms with Gasteiger partial charge in [0.15, 0.2) is 0 Å². The second-order valence-electron chi connectivity index (χ2n) is 14.1. The maximum Gasteiger partial charge on any atom is 0.235 e. The Bertz CT molecular complexity index is 3520. The van der Waals surface area contributed by atoms with Gasteiger partial charge in [-0.3, -0.25) is 4.57 Å². The highest BCUT2D eigenvalue weighted by Crippen LogP contribution is 2.43. The lowest BCUT2D eigenvalue weighted by molar-refractivity contribution is 0.669. The van der Waals surface area contributed by atoms with E-state index in [4.69, 9.17) is 14.4 Å². The molecule has 0 unspecified atom stereocenters. The first kappa shape index (κ1) is 29.3. The number of para-hydroxylation sites is 3. The standard InChI is InChI=1S/C50H29N3O/c1-2-12-31-29-32(24-23-30(31)11-1)49-39-13-3-6-20-42(39)51-50(52-49)53-43-21-7-4-14-40(43)47-37-18-9-16-33(35(37)25-27-44(47)53)34-17-10-19-38-36(34)26-28-46-48(38)41-15-5-8-22-45(41)54-46/h1-29H. The minimum absolute atomic E-state index is 0.656. The lowest BCUT2D eigenvalue weighted by Gasteiger charge is -2.13. The fraction of sp³-hybridized carbons (Fsp3) is 0. The molecule has 12 rings (SSSR count). The van der Waals surface area contributed by atoms with Gasteiger partial charge in [0.05, 0.1) is 22.2 Å². The van der Waals surface area contributed by atoms with Gasteiger partial charge in [0.25, 0.3) is 0 Å². The van der Waals surface area contributed by atoms with E-state index in [0.717, 1.165) is 55.1 Å². The first-order valence-electron chi connectivity index (χ1n) is 18.3. The second-order valence-corrected chi connectivity index (χ2v) is 14.1. The SMILES string of the molecule is c1ccc2cc(-c3nc(-n4c5ccccc5c5c6cccc(-c7cccc8c7ccc7oc9ccccc9c78)c6ccc54)nc4ccccc34)ccc2c1. The van der Waals surface area contributed by atoms with Crippen LogP contribution in [0.5, 0.6) is 0 Å². The molecule has 0 aliphatic heterocycles. The minimum Gasteiger partial charge on any atom is -0.456 e. The monoisotopic (exact) mass is 687 g/mol. The van der Waals surface area contributed by atoms with Crippen LogP contribution < -0.4 is 0 Å². The highest BCUT2D eigenvalue weighted by molar-refractivity contribution is 6.25. The van der Waals surface area contributed by atoms with Crippen LogP contribution in [0.3, 0.4) is 0 Å². The van der Waals surface area contributed by atoms with Crippen LogP contribution in [0.1, 0.15) is 0 Å². The van der Waals surface area contributed by atoms with Gasteiger partial charge in [0.2, 0.25) is 5.95 Å². The summed E-state index contributed by atoms with van der Waals surface area (Å²) in [7, 11) is 0. The highest BCUT2D eigenvalue weighted by atomic mass is 16.3. The van der Waals surface area contributed by atoms with Crippen molar-refractivity contribution >= 4 is 87.0 Å². The molecule has 0 N–H and O–H groups in total. The molecule has 0 amide bonds. The molecule has 4 heteroatoms. The Morgan fingerprint density at radius 1 is 0.389 bits per heavy atom. The Balaban J connectivity index is 1.11. The van der Waals surface area contributed by atoms with Crippen LogP contribution in [0.25, 0.3) is 115 Å². The summed E-state index contributed by atoms with van der Waals surface area (Å²) in [6.45, 7) is 0. The van der Waals surface area contributed by atoms with E-state index in [9.17, 15) is 0 Å². The van der Waals surface area contributed by atoms with E-state index in [0.29, 0.717) is 5.95 Å². The second kappa shape index (κ2) is 11.1. The fourth-order valence-corrected chi connectivity index (χ4v) is 8.81. The normalized spacial score (nSPS) is 12.1. The number of rotatable bonds is 3. The third kappa shape index (κ3) is 4.13. The Kier molecular flexibility index (Phi) is 6.02. The maximum absolute atomic E-state index is 6.26. The summed E-state index contributed by atoms with van der Waals surface area (Å²) in [4.78, 5) is 10.6. The minimum atomic E-state index is 0.656. The third-order valence-electron chi connectivity index (χ3n) is 11.2. The van der Waals surface area contributed by atoms with Gasteiger partial charge in [-0.25, -0.2) is 9.97 Å². The van der Waals surface area contributed by atoms with Crippen LogP contribution in [0, 0.1) is 0 Å². The maximum atomic E-state index is 6.26. The van der Waals surface area contributed by atoms with Gasteiger partial charge < -0.3 is 4.42 Å². The molecule has 0 radical (unpaired) electrons. The van der Waals surface area contributed by atoms with Crippen molar-refractivity contribution < 1.29 is 4.42 Å². The number of fused-ring (bicyclic) bond motifs is 12. The van der Waals surface area contributed by atoms with Gasteiger partial charge >= 0.3 is 0 Å². The van der Waals surface area contributed by atoms with E-state index in [1.165, 1.54) is 54.2 Å². The lowest BCUT2D eigenvalue weighted by atomic mass is 9.91. The molecule has 9 aromatic carbocycles. The molecule has 0 aliphatic rings. The molecule has 3 aromatic heterocycles. The molecular weight excluding hydrogens is 659 g/mol. The molecule has 12 aromatic rings. The van der Waals surface area contributed by atoms with E-state index >= 15 is 0 Å². The molecule has 4 nitrogen and oxygen atoms in total. The molecule has 0 saturated carbocycles. The first-order valence-corrected chi connectivity index (χ1v) is 18.3. The van der Waals surface area contributed by atoms with Crippen LogP contribution in [-0.2, 0) is 0 Å². The summed E-state index contributed by atoms with van der Waals surface area (Å²) in [5, 5.41) is 12.9. The van der Waals surface area contributed by atoms with Crippen molar-refractivity contribution in [3.05, 3.63) is 176 Å². The van der Waals surface area contributed by atoms with Gasteiger partial charge in [-0.05, 0) is 79.8 Å². The largest absolute Gasteiger partial charge is 0.456 e. The van der Waals surface area contributed by atoms with E-state index in [1.54, 1.807) is 0 Å². The summed E-state index contributed by atoms with van der Waals surface area (Å²) in [6.07, 6.45) is 0. The molecule has 250 valence electrons. The van der Waals surface area contributed by atoms with E-state index in [2.05, 4.69) is 168 Å². The average Bonchev–Trinajstić information content (AvgIpc) is 3.79. The summed E-state index contributed by atoms with van der Waals surface area (Å²) in [5.41, 5.74) is 9.27. The molecule has 54 heavy (non-hydrogen) atoms. The topological polar surface area (TPSA) is 43.9 Å². The van der Waals surface area contributed by atoms with E-state index < -0.39 is 0 Å². The van der Waals surface area contributed by atoms with Crippen LogP contribution in [0.2, 0.25) is 0 Å². The van der Waals surface area contributed by atoms with Crippen molar-refractivity contribution in [3.63, 3.8) is 0 Å². The van der Waals surface area contributed by atoms with Crippen molar-refractivity contribution in [2.45, 2.75) is 0 Å².